The van der Waals surface area contributed by atoms with E-state index in [0.717, 1.165) is 38.5 Å². The van der Waals surface area contributed by atoms with Crippen LogP contribution in [-0.2, 0) is 14.3 Å². The van der Waals surface area contributed by atoms with Crippen molar-refractivity contribution in [3.8, 4) is 0 Å². The number of hydrogen-bond donors (Lipinski definition) is 1. The van der Waals surface area contributed by atoms with Gasteiger partial charge in [-0.2, -0.15) is 0 Å². The van der Waals surface area contributed by atoms with Crippen molar-refractivity contribution in [3.05, 3.63) is 45.9 Å². The molecule has 1 aliphatic carbocycles. The molecule has 1 saturated carbocycles. The van der Waals surface area contributed by atoms with E-state index in [0.29, 0.717) is 11.3 Å². The molecule has 1 aromatic carbocycles. The second-order valence-corrected chi connectivity index (χ2v) is 7.76. The molecule has 1 heterocycles. The summed E-state index contributed by atoms with van der Waals surface area (Å²) in [6.45, 7) is 1.65. The number of rotatable bonds is 3. The topological polar surface area (TPSA) is 55.4 Å². The third-order valence-corrected chi connectivity index (χ3v) is 5.69. The average Bonchev–Trinajstić information content (AvgIpc) is 2.56. The van der Waals surface area contributed by atoms with Crippen LogP contribution in [0.2, 0.25) is 5.02 Å². The maximum atomic E-state index is 14.5. The lowest BCUT2D eigenvalue weighted by atomic mass is 9.84. The zero-order valence-corrected chi connectivity index (χ0v) is 16.3. The number of hydrogen-bond acceptors (Lipinski definition) is 3. The molecule has 1 amide bonds. The number of carbonyl (C=O) groups is 2. The Labute approximate surface area is 164 Å². The zero-order valence-electron chi connectivity index (χ0n) is 15.5. The Morgan fingerprint density at radius 1 is 1.19 bits per heavy atom. The smallest absolute Gasteiger partial charge is 0.336 e. The number of allylic oxidation sites excluding steroid dienone is 1. The van der Waals surface area contributed by atoms with Crippen molar-refractivity contribution in [1.29, 1.82) is 0 Å². The largest absolute Gasteiger partial charge is 0.459 e. The fourth-order valence-electron chi connectivity index (χ4n) is 4.01. The van der Waals surface area contributed by atoms with Gasteiger partial charge in [0.25, 0.3) is 0 Å². The first-order chi connectivity index (χ1) is 13.0. The number of carbonyl (C=O) groups excluding carboxylic acids is 2. The van der Waals surface area contributed by atoms with E-state index in [9.17, 15) is 14.0 Å². The Balaban J connectivity index is 1.88. The minimum absolute atomic E-state index is 0.0346. The predicted molar refractivity (Wildman–Crippen MR) is 102 cm³/mol. The molecule has 1 N–H and O–H groups in total. The highest BCUT2D eigenvalue weighted by Crippen LogP contribution is 2.39. The Hall–Kier alpha value is -1.88. The number of nitrogens with one attached hydrogen (secondary N) is 1. The fraction of sp³-hybridized carbons (Fsp3) is 0.524. The van der Waals surface area contributed by atoms with Gasteiger partial charge in [0.2, 0.25) is 5.91 Å². The van der Waals surface area contributed by atoms with Gasteiger partial charge < -0.3 is 10.1 Å². The van der Waals surface area contributed by atoms with E-state index in [1.54, 1.807) is 13.0 Å². The first-order valence-corrected chi connectivity index (χ1v) is 10.0. The van der Waals surface area contributed by atoms with E-state index in [1.807, 2.05) is 0 Å². The van der Waals surface area contributed by atoms with E-state index in [-0.39, 0.29) is 29.0 Å². The van der Waals surface area contributed by atoms with Gasteiger partial charge in [0.05, 0.1) is 5.57 Å². The van der Waals surface area contributed by atoms with Gasteiger partial charge in [-0.3, -0.25) is 4.79 Å². The van der Waals surface area contributed by atoms with E-state index in [2.05, 4.69) is 5.32 Å². The van der Waals surface area contributed by atoms with Gasteiger partial charge in [-0.05, 0) is 44.7 Å². The summed E-state index contributed by atoms with van der Waals surface area (Å²) in [6, 6.07) is 4.37. The lowest BCUT2D eigenvalue weighted by molar-refractivity contribution is -0.145. The van der Waals surface area contributed by atoms with Gasteiger partial charge in [0.15, 0.2) is 0 Å². The lowest BCUT2D eigenvalue weighted by Gasteiger charge is -2.29. The van der Waals surface area contributed by atoms with Gasteiger partial charge in [-0.15, -0.1) is 0 Å². The predicted octanol–water partition coefficient (Wildman–Crippen LogP) is 5.01. The van der Waals surface area contributed by atoms with Gasteiger partial charge in [0, 0.05) is 28.6 Å². The van der Waals surface area contributed by atoms with Crippen molar-refractivity contribution >= 4 is 23.5 Å². The highest BCUT2D eigenvalue weighted by Gasteiger charge is 2.36. The number of halogens is 2. The molecule has 3 rings (SSSR count). The molecule has 1 unspecified atom stereocenters. The molecule has 0 aromatic heterocycles. The molecule has 2 aliphatic rings. The van der Waals surface area contributed by atoms with Crippen LogP contribution in [-0.4, -0.2) is 18.0 Å². The molecule has 0 bridgehead atoms. The molecule has 0 saturated heterocycles. The summed E-state index contributed by atoms with van der Waals surface area (Å²) in [7, 11) is 0. The third-order valence-electron chi connectivity index (χ3n) is 5.36. The van der Waals surface area contributed by atoms with E-state index >= 15 is 0 Å². The highest BCUT2D eigenvalue weighted by atomic mass is 35.5. The van der Waals surface area contributed by atoms with Crippen LogP contribution in [0, 0.1) is 5.82 Å². The van der Waals surface area contributed by atoms with E-state index < -0.39 is 17.7 Å². The molecule has 27 heavy (non-hydrogen) atoms. The molecule has 1 aliphatic heterocycles. The standard InChI is InChI=1S/C21H25ClFNO3/c1-13-19(21(26)27-14-8-5-3-2-4-6-9-14)15(12-18(25)24-13)20-16(22)10-7-11-17(20)23/h7,10-11,14-15H,2-6,8-9,12H2,1H3,(H,24,25). The maximum Gasteiger partial charge on any atom is 0.336 e. The first-order valence-electron chi connectivity index (χ1n) is 9.63. The average molecular weight is 394 g/mol. The fourth-order valence-corrected chi connectivity index (χ4v) is 4.31. The normalized spacial score (nSPS) is 22.0. The van der Waals surface area contributed by atoms with Crippen LogP contribution in [0.4, 0.5) is 4.39 Å². The molecule has 146 valence electrons. The summed E-state index contributed by atoms with van der Waals surface area (Å²) < 4.78 is 20.3. The number of ether oxygens (including phenoxy) is 1. The van der Waals surface area contributed by atoms with Crippen LogP contribution < -0.4 is 5.32 Å². The lowest BCUT2D eigenvalue weighted by Crippen LogP contribution is -2.35. The number of amides is 1. The first kappa shape index (κ1) is 19.9. The molecular weight excluding hydrogens is 369 g/mol. The molecule has 4 nitrogen and oxygen atoms in total. The Morgan fingerprint density at radius 3 is 2.52 bits per heavy atom. The van der Waals surface area contributed by atoms with Crippen LogP contribution in [0.25, 0.3) is 0 Å². The Bertz CT molecular complexity index is 734. The molecule has 1 aromatic rings. The molecule has 1 atom stereocenters. The summed E-state index contributed by atoms with van der Waals surface area (Å²) in [5, 5.41) is 2.89. The van der Waals surface area contributed by atoms with E-state index in [1.165, 1.54) is 18.6 Å². The molecule has 1 fully saturated rings. The Kier molecular flexibility index (Phi) is 6.53. The second kappa shape index (κ2) is 8.87. The molecule has 0 spiro atoms. The Morgan fingerprint density at radius 2 is 1.85 bits per heavy atom. The summed E-state index contributed by atoms with van der Waals surface area (Å²) in [4.78, 5) is 25.0. The molecular formula is C21H25ClFNO3. The van der Waals surface area contributed by atoms with Crippen LogP contribution in [0.15, 0.2) is 29.5 Å². The van der Waals surface area contributed by atoms with Crippen molar-refractivity contribution in [2.45, 2.75) is 70.3 Å². The van der Waals surface area contributed by atoms with Crippen LogP contribution in [0.3, 0.4) is 0 Å². The summed E-state index contributed by atoms with van der Waals surface area (Å²) >= 11 is 6.21. The minimum atomic E-state index is -0.742. The SMILES string of the molecule is CC1=C(C(=O)OC2CCCCCCC2)C(c2c(F)cccc2Cl)CC(=O)N1. The number of esters is 1. The van der Waals surface area contributed by atoms with Crippen molar-refractivity contribution in [1.82, 2.24) is 5.32 Å². The van der Waals surface area contributed by atoms with Crippen LogP contribution in [0.5, 0.6) is 0 Å². The van der Waals surface area contributed by atoms with Gasteiger partial charge in [-0.1, -0.05) is 36.9 Å². The molecule has 0 radical (unpaired) electrons. The molecule has 6 heteroatoms. The highest BCUT2D eigenvalue weighted by molar-refractivity contribution is 6.31. The third kappa shape index (κ3) is 4.70. The summed E-state index contributed by atoms with van der Waals surface area (Å²) in [5.74, 6) is -2.01. The van der Waals surface area contributed by atoms with Crippen molar-refractivity contribution < 1.29 is 18.7 Å². The van der Waals surface area contributed by atoms with Crippen LogP contribution in [0.1, 0.15) is 69.8 Å². The van der Waals surface area contributed by atoms with Crippen molar-refractivity contribution in [2.75, 3.05) is 0 Å². The van der Waals surface area contributed by atoms with Gasteiger partial charge in [-0.25, -0.2) is 9.18 Å². The van der Waals surface area contributed by atoms with Crippen molar-refractivity contribution in [3.63, 3.8) is 0 Å². The quantitative estimate of drug-likeness (QED) is 0.734. The second-order valence-electron chi connectivity index (χ2n) is 7.35. The van der Waals surface area contributed by atoms with E-state index in [4.69, 9.17) is 16.3 Å². The zero-order chi connectivity index (χ0) is 19.4. The van der Waals surface area contributed by atoms with Crippen LogP contribution >= 0.6 is 11.6 Å². The summed E-state index contributed by atoms with van der Waals surface area (Å²) in [5.41, 5.74) is 0.882. The maximum absolute atomic E-state index is 14.5. The minimum Gasteiger partial charge on any atom is -0.459 e. The van der Waals surface area contributed by atoms with Gasteiger partial charge >= 0.3 is 5.97 Å². The van der Waals surface area contributed by atoms with Crippen molar-refractivity contribution in [2.24, 2.45) is 0 Å². The number of benzene rings is 1. The van der Waals surface area contributed by atoms with Gasteiger partial charge in [0.1, 0.15) is 11.9 Å². The summed E-state index contributed by atoms with van der Waals surface area (Å²) in [6.07, 6.45) is 7.12. The monoisotopic (exact) mass is 393 g/mol.